The molecule has 0 bridgehead atoms. The number of esters is 1. The predicted octanol–water partition coefficient (Wildman–Crippen LogP) is 3.37. The van der Waals surface area contributed by atoms with E-state index in [0.29, 0.717) is 33.4 Å². The molecule has 0 unspecified atom stereocenters. The standard InChI is InChI=1S/C17H17BrN4O4S/c1-3-25-15(23)8-12-10-27-17(21-12)22-20-9-11-6-13(18)16(26-5-4-19)14(7-11)24-2/h6-7,9-10H,3,5,8H2,1-2H3,(H,21,22). The van der Waals surface area contributed by atoms with Gasteiger partial charge in [0.15, 0.2) is 18.1 Å². The van der Waals surface area contributed by atoms with E-state index in [2.05, 4.69) is 31.4 Å². The van der Waals surface area contributed by atoms with Gasteiger partial charge >= 0.3 is 5.97 Å². The lowest BCUT2D eigenvalue weighted by atomic mass is 10.2. The topological polar surface area (TPSA) is 106 Å². The van der Waals surface area contributed by atoms with Crippen LogP contribution in [0.25, 0.3) is 0 Å². The van der Waals surface area contributed by atoms with Gasteiger partial charge in [-0.05, 0) is 40.5 Å². The molecule has 0 fully saturated rings. The number of benzene rings is 1. The molecule has 1 aromatic heterocycles. The third-order valence-electron chi connectivity index (χ3n) is 3.09. The highest BCUT2D eigenvalue weighted by atomic mass is 79.9. The molecule has 2 aromatic rings. The third-order valence-corrected chi connectivity index (χ3v) is 4.47. The molecule has 27 heavy (non-hydrogen) atoms. The minimum atomic E-state index is -0.312. The van der Waals surface area contributed by atoms with E-state index in [0.717, 1.165) is 5.56 Å². The molecule has 1 aromatic carbocycles. The summed E-state index contributed by atoms with van der Waals surface area (Å²) in [4.78, 5) is 15.7. The van der Waals surface area contributed by atoms with Crippen LogP contribution in [0.5, 0.6) is 11.5 Å². The van der Waals surface area contributed by atoms with Crippen molar-refractivity contribution in [2.24, 2.45) is 5.10 Å². The van der Waals surface area contributed by atoms with E-state index in [4.69, 9.17) is 19.5 Å². The maximum Gasteiger partial charge on any atom is 0.311 e. The Labute approximate surface area is 168 Å². The van der Waals surface area contributed by atoms with Gasteiger partial charge in [-0.1, -0.05) is 0 Å². The Morgan fingerprint density at radius 1 is 1.52 bits per heavy atom. The Hall–Kier alpha value is -2.64. The molecule has 0 amide bonds. The number of hydrogen-bond acceptors (Lipinski definition) is 9. The van der Waals surface area contributed by atoms with Crippen molar-refractivity contribution in [3.8, 4) is 17.6 Å². The normalized spacial score (nSPS) is 10.4. The Morgan fingerprint density at radius 3 is 3.04 bits per heavy atom. The van der Waals surface area contributed by atoms with Gasteiger partial charge in [0.05, 0.1) is 36.5 Å². The van der Waals surface area contributed by atoms with Gasteiger partial charge in [-0.15, -0.1) is 11.3 Å². The van der Waals surface area contributed by atoms with Crippen molar-refractivity contribution in [1.82, 2.24) is 4.98 Å². The first-order valence-electron chi connectivity index (χ1n) is 7.83. The van der Waals surface area contributed by atoms with Crippen LogP contribution in [0.2, 0.25) is 0 Å². The summed E-state index contributed by atoms with van der Waals surface area (Å²) >= 11 is 4.73. The van der Waals surface area contributed by atoms with Crippen LogP contribution in [0.3, 0.4) is 0 Å². The minimum absolute atomic E-state index is 0.0812. The summed E-state index contributed by atoms with van der Waals surface area (Å²) in [5, 5.41) is 15.1. The molecule has 0 radical (unpaired) electrons. The second-order valence-electron chi connectivity index (χ2n) is 4.98. The highest BCUT2D eigenvalue weighted by Gasteiger charge is 2.11. The van der Waals surface area contributed by atoms with Crippen molar-refractivity contribution >= 4 is 44.6 Å². The molecule has 0 spiro atoms. The second kappa shape index (κ2) is 10.5. The average Bonchev–Trinajstić information content (AvgIpc) is 3.07. The molecule has 142 valence electrons. The van der Waals surface area contributed by atoms with Crippen LogP contribution in [-0.2, 0) is 16.0 Å². The van der Waals surface area contributed by atoms with Crippen molar-refractivity contribution in [2.75, 3.05) is 25.7 Å². The average molecular weight is 453 g/mol. The number of carbonyl (C=O) groups is 1. The molecular formula is C17H17BrN4O4S. The quantitative estimate of drug-likeness (QED) is 0.353. The maximum atomic E-state index is 11.5. The minimum Gasteiger partial charge on any atom is -0.493 e. The number of carbonyl (C=O) groups excluding carboxylic acids is 1. The molecule has 0 aliphatic rings. The highest BCUT2D eigenvalue weighted by Crippen LogP contribution is 2.36. The van der Waals surface area contributed by atoms with Crippen molar-refractivity contribution < 1.29 is 19.0 Å². The van der Waals surface area contributed by atoms with Gasteiger partial charge in [-0.2, -0.15) is 10.4 Å². The first-order valence-corrected chi connectivity index (χ1v) is 9.51. The summed E-state index contributed by atoms with van der Waals surface area (Å²) in [6.45, 7) is 2.02. The summed E-state index contributed by atoms with van der Waals surface area (Å²) in [5.74, 6) is 0.619. The fourth-order valence-electron chi connectivity index (χ4n) is 2.02. The summed E-state index contributed by atoms with van der Waals surface area (Å²) < 4.78 is 16.2. The van der Waals surface area contributed by atoms with Crippen LogP contribution in [0.1, 0.15) is 18.2 Å². The molecule has 2 rings (SSSR count). The number of thiazole rings is 1. The smallest absolute Gasteiger partial charge is 0.311 e. The van der Waals surface area contributed by atoms with Crippen LogP contribution in [0.4, 0.5) is 5.13 Å². The number of aromatic nitrogens is 1. The number of anilines is 1. The first kappa shape index (κ1) is 20.7. The monoisotopic (exact) mass is 452 g/mol. The van der Waals surface area contributed by atoms with Gasteiger partial charge in [0.2, 0.25) is 5.13 Å². The van der Waals surface area contributed by atoms with E-state index in [9.17, 15) is 4.79 Å². The van der Waals surface area contributed by atoms with Crippen molar-refractivity contribution in [2.45, 2.75) is 13.3 Å². The van der Waals surface area contributed by atoms with Gasteiger partial charge in [-0.3, -0.25) is 10.2 Å². The van der Waals surface area contributed by atoms with Gasteiger partial charge in [0.25, 0.3) is 0 Å². The first-order chi connectivity index (χ1) is 13.1. The fourth-order valence-corrected chi connectivity index (χ4v) is 3.25. The molecule has 0 atom stereocenters. The van der Waals surface area contributed by atoms with Gasteiger partial charge in [0.1, 0.15) is 6.07 Å². The Balaban J connectivity index is 2.02. The molecule has 1 heterocycles. The number of hydrazone groups is 1. The lowest BCUT2D eigenvalue weighted by Gasteiger charge is -2.11. The zero-order chi connectivity index (χ0) is 19.6. The number of hydrogen-bond donors (Lipinski definition) is 1. The fraction of sp³-hybridized carbons (Fsp3) is 0.294. The third kappa shape index (κ3) is 6.23. The van der Waals surface area contributed by atoms with E-state index in [1.54, 1.807) is 30.7 Å². The van der Waals surface area contributed by atoms with E-state index in [-0.39, 0.29) is 19.0 Å². The number of nitriles is 1. The van der Waals surface area contributed by atoms with Crippen LogP contribution >= 0.6 is 27.3 Å². The van der Waals surface area contributed by atoms with Crippen molar-refractivity contribution in [3.05, 3.63) is 33.2 Å². The number of methoxy groups -OCH3 is 1. The molecular weight excluding hydrogens is 436 g/mol. The predicted molar refractivity (Wildman–Crippen MR) is 105 cm³/mol. The summed E-state index contributed by atoms with van der Waals surface area (Å²) in [6.07, 6.45) is 1.72. The van der Waals surface area contributed by atoms with Crippen molar-refractivity contribution in [3.63, 3.8) is 0 Å². The number of ether oxygens (including phenoxy) is 3. The molecule has 10 heteroatoms. The molecule has 0 aliphatic heterocycles. The summed E-state index contributed by atoms with van der Waals surface area (Å²) in [6, 6.07) is 5.43. The molecule has 1 N–H and O–H groups in total. The van der Waals surface area contributed by atoms with Gasteiger partial charge < -0.3 is 14.2 Å². The Morgan fingerprint density at radius 2 is 2.33 bits per heavy atom. The number of nitrogens with one attached hydrogen (secondary N) is 1. The van der Waals surface area contributed by atoms with E-state index in [1.807, 2.05) is 6.07 Å². The second-order valence-corrected chi connectivity index (χ2v) is 6.69. The van der Waals surface area contributed by atoms with E-state index in [1.165, 1.54) is 18.4 Å². The SMILES string of the molecule is CCOC(=O)Cc1csc(NN=Cc2cc(Br)c(OCC#N)c(OC)c2)n1. The zero-order valence-corrected chi connectivity index (χ0v) is 17.1. The molecule has 0 aliphatic carbocycles. The zero-order valence-electron chi connectivity index (χ0n) is 14.7. The van der Waals surface area contributed by atoms with E-state index >= 15 is 0 Å². The highest BCUT2D eigenvalue weighted by molar-refractivity contribution is 9.10. The molecule has 8 nitrogen and oxygen atoms in total. The number of rotatable bonds is 9. The Bertz CT molecular complexity index is 863. The van der Waals surface area contributed by atoms with Crippen LogP contribution in [0, 0.1) is 11.3 Å². The van der Waals surface area contributed by atoms with Gasteiger partial charge in [-0.25, -0.2) is 4.98 Å². The summed E-state index contributed by atoms with van der Waals surface area (Å²) in [5.41, 5.74) is 4.19. The molecule has 0 saturated heterocycles. The van der Waals surface area contributed by atoms with Gasteiger partial charge in [0, 0.05) is 5.38 Å². The largest absolute Gasteiger partial charge is 0.493 e. The maximum absolute atomic E-state index is 11.5. The lowest BCUT2D eigenvalue weighted by Crippen LogP contribution is -2.07. The van der Waals surface area contributed by atoms with Crippen molar-refractivity contribution in [1.29, 1.82) is 5.26 Å². The lowest BCUT2D eigenvalue weighted by molar-refractivity contribution is -0.142. The number of halogens is 1. The summed E-state index contributed by atoms with van der Waals surface area (Å²) in [7, 11) is 1.51. The number of nitrogens with zero attached hydrogens (tertiary/aromatic N) is 3. The Kier molecular flexibility index (Phi) is 8.03. The van der Waals surface area contributed by atoms with Crippen LogP contribution in [0.15, 0.2) is 27.1 Å². The van der Waals surface area contributed by atoms with Crippen LogP contribution < -0.4 is 14.9 Å². The van der Waals surface area contributed by atoms with Crippen LogP contribution in [-0.4, -0.2) is 37.5 Å². The molecule has 0 saturated carbocycles. The van der Waals surface area contributed by atoms with E-state index < -0.39 is 0 Å².